The lowest BCUT2D eigenvalue weighted by atomic mass is 10.2. The Morgan fingerprint density at radius 2 is 1.91 bits per heavy atom. The summed E-state index contributed by atoms with van der Waals surface area (Å²) >= 11 is 7.00. The van der Waals surface area contributed by atoms with E-state index in [9.17, 15) is 14.4 Å². The molecule has 114 valence electrons. The number of hydrogen-bond donors (Lipinski definition) is 2. The third kappa shape index (κ3) is 3.84. The fourth-order valence-electron chi connectivity index (χ4n) is 1.60. The van der Waals surface area contributed by atoms with Crippen molar-refractivity contribution in [3.8, 4) is 0 Å². The topological polar surface area (TPSA) is 98.5 Å². The molecule has 0 atom stereocenters. The van der Waals surface area contributed by atoms with Crippen molar-refractivity contribution in [3.05, 3.63) is 51.9 Å². The standard InChI is InChI=1S/C14H11ClN2O4S/c15-10-4-2-1-3-8(10)14(20)21-7-11(18)17-13-9(12(16)19)5-6-22-13/h1-6H,7H2,(H2,16,19)(H,17,18). The Labute approximate surface area is 134 Å². The molecule has 0 aliphatic rings. The maximum absolute atomic E-state index is 11.8. The highest BCUT2D eigenvalue weighted by atomic mass is 35.5. The Hall–Kier alpha value is -2.38. The minimum Gasteiger partial charge on any atom is -0.452 e. The average molecular weight is 339 g/mol. The lowest BCUT2D eigenvalue weighted by Gasteiger charge is -2.07. The van der Waals surface area contributed by atoms with Gasteiger partial charge in [-0.25, -0.2) is 4.79 Å². The van der Waals surface area contributed by atoms with Crippen molar-refractivity contribution in [2.45, 2.75) is 0 Å². The first kappa shape index (κ1) is 16.0. The second-order valence-electron chi connectivity index (χ2n) is 4.13. The van der Waals surface area contributed by atoms with E-state index in [1.54, 1.807) is 23.6 Å². The Bertz CT molecular complexity index is 729. The first-order chi connectivity index (χ1) is 10.5. The van der Waals surface area contributed by atoms with Crippen molar-refractivity contribution in [1.82, 2.24) is 0 Å². The number of amides is 2. The molecule has 0 spiro atoms. The first-order valence-electron chi connectivity index (χ1n) is 6.08. The molecule has 0 saturated carbocycles. The van der Waals surface area contributed by atoms with E-state index in [4.69, 9.17) is 22.1 Å². The van der Waals surface area contributed by atoms with Gasteiger partial charge in [-0.05, 0) is 23.6 Å². The van der Waals surface area contributed by atoms with Crippen LogP contribution in [0.5, 0.6) is 0 Å². The summed E-state index contributed by atoms with van der Waals surface area (Å²) in [4.78, 5) is 34.7. The van der Waals surface area contributed by atoms with Gasteiger partial charge >= 0.3 is 5.97 Å². The zero-order chi connectivity index (χ0) is 16.1. The van der Waals surface area contributed by atoms with Crippen LogP contribution in [0.4, 0.5) is 5.00 Å². The van der Waals surface area contributed by atoms with Gasteiger partial charge in [0.25, 0.3) is 11.8 Å². The van der Waals surface area contributed by atoms with Gasteiger partial charge in [-0.3, -0.25) is 9.59 Å². The number of hydrogen-bond acceptors (Lipinski definition) is 5. The molecule has 22 heavy (non-hydrogen) atoms. The van der Waals surface area contributed by atoms with Crippen LogP contribution in [0, 0.1) is 0 Å². The quantitative estimate of drug-likeness (QED) is 0.817. The van der Waals surface area contributed by atoms with E-state index < -0.39 is 24.4 Å². The maximum Gasteiger partial charge on any atom is 0.340 e. The molecule has 6 nitrogen and oxygen atoms in total. The van der Waals surface area contributed by atoms with Crippen LogP contribution in [0.2, 0.25) is 5.02 Å². The number of nitrogens with one attached hydrogen (secondary N) is 1. The van der Waals surface area contributed by atoms with Crippen molar-refractivity contribution in [2.75, 3.05) is 11.9 Å². The van der Waals surface area contributed by atoms with Crippen LogP contribution >= 0.6 is 22.9 Å². The van der Waals surface area contributed by atoms with Crippen molar-refractivity contribution in [2.24, 2.45) is 5.73 Å². The molecule has 1 aromatic heterocycles. The molecule has 2 amide bonds. The molecular weight excluding hydrogens is 328 g/mol. The monoisotopic (exact) mass is 338 g/mol. The lowest BCUT2D eigenvalue weighted by Crippen LogP contribution is -2.22. The van der Waals surface area contributed by atoms with Gasteiger partial charge < -0.3 is 15.8 Å². The molecule has 2 rings (SSSR count). The van der Waals surface area contributed by atoms with Crippen LogP contribution in [0.15, 0.2) is 35.7 Å². The van der Waals surface area contributed by atoms with E-state index in [2.05, 4.69) is 5.32 Å². The molecule has 0 fully saturated rings. The fourth-order valence-corrected chi connectivity index (χ4v) is 2.62. The predicted molar refractivity (Wildman–Crippen MR) is 83.2 cm³/mol. The van der Waals surface area contributed by atoms with Gasteiger partial charge in [0, 0.05) is 0 Å². The number of nitrogens with two attached hydrogens (primary N) is 1. The smallest absolute Gasteiger partial charge is 0.340 e. The number of benzene rings is 1. The van der Waals surface area contributed by atoms with E-state index >= 15 is 0 Å². The number of halogens is 1. The van der Waals surface area contributed by atoms with E-state index in [1.807, 2.05) is 0 Å². The van der Waals surface area contributed by atoms with Crippen molar-refractivity contribution in [1.29, 1.82) is 0 Å². The molecule has 0 unspecified atom stereocenters. The Morgan fingerprint density at radius 1 is 1.18 bits per heavy atom. The Balaban J connectivity index is 1.93. The first-order valence-corrected chi connectivity index (χ1v) is 7.33. The van der Waals surface area contributed by atoms with Gasteiger partial charge in [-0.15, -0.1) is 11.3 Å². The Kier molecular flexibility index (Phi) is 5.13. The summed E-state index contributed by atoms with van der Waals surface area (Å²) in [5.41, 5.74) is 5.54. The summed E-state index contributed by atoms with van der Waals surface area (Å²) in [7, 11) is 0. The molecule has 0 aliphatic heterocycles. The van der Waals surface area contributed by atoms with Crippen LogP contribution < -0.4 is 11.1 Å². The van der Waals surface area contributed by atoms with Gasteiger partial charge in [0.1, 0.15) is 5.00 Å². The lowest BCUT2D eigenvalue weighted by molar-refractivity contribution is -0.119. The fraction of sp³-hybridized carbons (Fsp3) is 0.0714. The number of esters is 1. The van der Waals surface area contributed by atoms with Gasteiger partial charge in [-0.1, -0.05) is 23.7 Å². The number of primary amides is 1. The Morgan fingerprint density at radius 3 is 2.59 bits per heavy atom. The molecule has 3 N–H and O–H groups in total. The summed E-state index contributed by atoms with van der Waals surface area (Å²) in [6.07, 6.45) is 0. The number of thiophene rings is 1. The van der Waals surface area contributed by atoms with Gasteiger partial charge in [0.05, 0.1) is 16.1 Å². The average Bonchev–Trinajstić information content (AvgIpc) is 2.93. The molecular formula is C14H11ClN2O4S. The second-order valence-corrected chi connectivity index (χ2v) is 5.46. The maximum atomic E-state index is 11.8. The molecule has 0 saturated heterocycles. The van der Waals surface area contributed by atoms with E-state index in [0.717, 1.165) is 11.3 Å². The zero-order valence-corrected chi connectivity index (χ0v) is 12.7. The van der Waals surface area contributed by atoms with Gasteiger partial charge in [0.2, 0.25) is 0 Å². The van der Waals surface area contributed by atoms with Crippen LogP contribution in [-0.2, 0) is 9.53 Å². The number of rotatable bonds is 5. The third-order valence-corrected chi connectivity index (χ3v) is 3.77. The molecule has 0 radical (unpaired) electrons. The van der Waals surface area contributed by atoms with Gasteiger partial charge in [0.15, 0.2) is 6.61 Å². The third-order valence-electron chi connectivity index (χ3n) is 2.61. The number of anilines is 1. The number of carbonyl (C=O) groups is 3. The second kappa shape index (κ2) is 7.06. The molecule has 2 aromatic rings. The minimum absolute atomic E-state index is 0.172. The number of ether oxygens (including phenoxy) is 1. The molecule has 0 bridgehead atoms. The van der Waals surface area contributed by atoms with Crippen molar-refractivity contribution in [3.63, 3.8) is 0 Å². The summed E-state index contributed by atoms with van der Waals surface area (Å²) in [6.45, 7) is -0.500. The number of carbonyl (C=O) groups excluding carboxylic acids is 3. The highest BCUT2D eigenvalue weighted by Gasteiger charge is 2.15. The summed E-state index contributed by atoms with van der Waals surface area (Å²) in [5, 5.41) is 4.63. The van der Waals surface area contributed by atoms with Crippen LogP contribution in [0.3, 0.4) is 0 Å². The van der Waals surface area contributed by atoms with E-state index in [-0.39, 0.29) is 16.1 Å². The summed E-state index contributed by atoms with van der Waals surface area (Å²) < 4.78 is 4.87. The summed E-state index contributed by atoms with van der Waals surface area (Å²) in [6, 6.07) is 7.84. The van der Waals surface area contributed by atoms with Crippen LogP contribution in [-0.4, -0.2) is 24.4 Å². The van der Waals surface area contributed by atoms with Crippen molar-refractivity contribution < 1.29 is 19.1 Å². The molecule has 1 heterocycles. The van der Waals surface area contributed by atoms with Crippen LogP contribution in [0.25, 0.3) is 0 Å². The SMILES string of the molecule is NC(=O)c1ccsc1NC(=O)COC(=O)c1ccccc1Cl. The van der Waals surface area contributed by atoms with Gasteiger partial charge in [-0.2, -0.15) is 0 Å². The highest BCUT2D eigenvalue weighted by Crippen LogP contribution is 2.22. The normalized spacial score (nSPS) is 10.0. The summed E-state index contributed by atoms with van der Waals surface area (Å²) in [5.74, 6) is -1.93. The molecule has 1 aromatic carbocycles. The predicted octanol–water partition coefficient (Wildman–Crippen LogP) is 2.30. The highest BCUT2D eigenvalue weighted by molar-refractivity contribution is 7.14. The van der Waals surface area contributed by atoms with Crippen LogP contribution in [0.1, 0.15) is 20.7 Å². The largest absolute Gasteiger partial charge is 0.452 e. The minimum atomic E-state index is -0.706. The van der Waals surface area contributed by atoms with Crippen molar-refractivity contribution >= 4 is 45.7 Å². The molecule has 8 heteroatoms. The molecule has 0 aliphatic carbocycles. The van der Waals surface area contributed by atoms with E-state index in [0.29, 0.717) is 5.00 Å². The zero-order valence-electron chi connectivity index (χ0n) is 11.2. The van der Waals surface area contributed by atoms with E-state index in [1.165, 1.54) is 12.1 Å².